The van der Waals surface area contributed by atoms with Crippen LogP contribution in [0.15, 0.2) is 0 Å². The fraction of sp³-hybridized carbons (Fsp3) is 0.917. The SMILES string of the molecule is COC(=O)C(C)(O)CNCC1CCN(C)CC1. The van der Waals surface area contributed by atoms with E-state index in [9.17, 15) is 9.90 Å². The second-order valence-electron chi connectivity index (χ2n) is 5.14. The van der Waals surface area contributed by atoms with Gasteiger partial charge in [0.15, 0.2) is 5.60 Å². The first kappa shape index (κ1) is 14.4. The largest absolute Gasteiger partial charge is 0.467 e. The molecule has 1 heterocycles. The molecule has 1 atom stereocenters. The Morgan fingerprint density at radius 3 is 2.65 bits per heavy atom. The minimum atomic E-state index is -1.43. The van der Waals surface area contributed by atoms with E-state index in [1.807, 2.05) is 0 Å². The van der Waals surface area contributed by atoms with Gasteiger partial charge in [-0.2, -0.15) is 0 Å². The Hall–Kier alpha value is -0.650. The van der Waals surface area contributed by atoms with Crippen LogP contribution in [0.5, 0.6) is 0 Å². The van der Waals surface area contributed by atoms with E-state index in [4.69, 9.17) is 0 Å². The van der Waals surface area contributed by atoms with Crippen molar-refractivity contribution in [2.75, 3.05) is 40.3 Å². The van der Waals surface area contributed by atoms with Crippen molar-refractivity contribution in [2.24, 2.45) is 5.92 Å². The van der Waals surface area contributed by atoms with E-state index in [2.05, 4.69) is 22.0 Å². The zero-order valence-corrected chi connectivity index (χ0v) is 11.0. The minimum Gasteiger partial charge on any atom is -0.467 e. The number of nitrogens with one attached hydrogen (secondary N) is 1. The van der Waals surface area contributed by atoms with E-state index in [1.54, 1.807) is 0 Å². The van der Waals surface area contributed by atoms with Gasteiger partial charge < -0.3 is 20.1 Å². The van der Waals surface area contributed by atoms with E-state index in [-0.39, 0.29) is 6.54 Å². The van der Waals surface area contributed by atoms with Crippen molar-refractivity contribution >= 4 is 5.97 Å². The van der Waals surface area contributed by atoms with Crippen molar-refractivity contribution in [1.29, 1.82) is 0 Å². The standard InChI is InChI=1S/C12H24N2O3/c1-12(16,11(15)17-3)9-13-8-10-4-6-14(2)7-5-10/h10,13,16H,4-9H2,1-3H3. The average Bonchev–Trinajstić information content (AvgIpc) is 2.30. The molecule has 0 radical (unpaired) electrons. The zero-order chi connectivity index (χ0) is 12.9. The molecule has 1 rings (SSSR count). The Morgan fingerprint density at radius 2 is 2.12 bits per heavy atom. The van der Waals surface area contributed by atoms with Crippen LogP contribution in [-0.2, 0) is 9.53 Å². The van der Waals surface area contributed by atoms with Crippen LogP contribution in [0.4, 0.5) is 0 Å². The van der Waals surface area contributed by atoms with Crippen molar-refractivity contribution in [3.63, 3.8) is 0 Å². The topological polar surface area (TPSA) is 61.8 Å². The monoisotopic (exact) mass is 244 g/mol. The highest BCUT2D eigenvalue weighted by Gasteiger charge is 2.31. The molecule has 100 valence electrons. The number of piperidine rings is 1. The maximum atomic E-state index is 11.2. The van der Waals surface area contributed by atoms with Crippen LogP contribution in [0, 0.1) is 5.92 Å². The summed E-state index contributed by atoms with van der Waals surface area (Å²) in [6.45, 7) is 4.81. The summed E-state index contributed by atoms with van der Waals surface area (Å²) in [6.07, 6.45) is 2.34. The van der Waals surface area contributed by atoms with Crippen molar-refractivity contribution in [2.45, 2.75) is 25.4 Å². The van der Waals surface area contributed by atoms with Gasteiger partial charge in [-0.05, 0) is 52.4 Å². The Labute approximate surface area is 103 Å². The molecule has 5 nitrogen and oxygen atoms in total. The molecule has 0 saturated carbocycles. The van der Waals surface area contributed by atoms with Crippen LogP contribution >= 0.6 is 0 Å². The van der Waals surface area contributed by atoms with Crippen molar-refractivity contribution in [3.05, 3.63) is 0 Å². The maximum absolute atomic E-state index is 11.2. The summed E-state index contributed by atoms with van der Waals surface area (Å²) >= 11 is 0. The molecule has 5 heteroatoms. The molecule has 0 aromatic carbocycles. The van der Waals surface area contributed by atoms with Gasteiger partial charge in [-0.25, -0.2) is 4.79 Å². The first-order valence-electron chi connectivity index (χ1n) is 6.16. The predicted octanol–water partition coefficient (Wildman–Crippen LogP) is -0.158. The lowest BCUT2D eigenvalue weighted by Crippen LogP contribution is -2.47. The second-order valence-corrected chi connectivity index (χ2v) is 5.14. The number of carbonyl (C=O) groups is 1. The third kappa shape index (κ3) is 4.61. The van der Waals surface area contributed by atoms with Gasteiger partial charge in [0.2, 0.25) is 0 Å². The number of aliphatic hydroxyl groups is 1. The molecule has 0 aromatic heterocycles. The lowest BCUT2D eigenvalue weighted by molar-refractivity contribution is -0.159. The van der Waals surface area contributed by atoms with Crippen molar-refractivity contribution < 1.29 is 14.6 Å². The van der Waals surface area contributed by atoms with Crippen LogP contribution in [0.3, 0.4) is 0 Å². The maximum Gasteiger partial charge on any atom is 0.338 e. The summed E-state index contributed by atoms with van der Waals surface area (Å²) in [4.78, 5) is 13.6. The van der Waals surface area contributed by atoms with Crippen LogP contribution in [-0.4, -0.2) is 61.9 Å². The molecule has 17 heavy (non-hydrogen) atoms. The predicted molar refractivity (Wildman–Crippen MR) is 65.7 cm³/mol. The van der Waals surface area contributed by atoms with Gasteiger partial charge in [0.05, 0.1) is 7.11 Å². The number of rotatable bonds is 5. The molecule has 0 aromatic rings. The quantitative estimate of drug-likeness (QED) is 0.658. The molecular weight excluding hydrogens is 220 g/mol. The summed E-state index contributed by atoms with van der Waals surface area (Å²) in [6, 6.07) is 0. The van der Waals surface area contributed by atoms with E-state index < -0.39 is 11.6 Å². The fourth-order valence-corrected chi connectivity index (χ4v) is 2.08. The van der Waals surface area contributed by atoms with Crippen molar-refractivity contribution in [3.8, 4) is 0 Å². The number of hydrogen-bond acceptors (Lipinski definition) is 5. The van der Waals surface area contributed by atoms with Gasteiger partial charge in [0.25, 0.3) is 0 Å². The Kier molecular flexibility index (Phi) is 5.36. The third-order valence-corrected chi connectivity index (χ3v) is 3.37. The van der Waals surface area contributed by atoms with Gasteiger partial charge >= 0.3 is 5.97 Å². The van der Waals surface area contributed by atoms with E-state index in [0.717, 1.165) is 19.6 Å². The zero-order valence-electron chi connectivity index (χ0n) is 11.0. The van der Waals surface area contributed by atoms with Gasteiger partial charge in [0, 0.05) is 6.54 Å². The Bertz CT molecular complexity index is 248. The molecule has 0 aliphatic carbocycles. The first-order chi connectivity index (χ1) is 7.95. The molecule has 2 N–H and O–H groups in total. The lowest BCUT2D eigenvalue weighted by atomic mass is 9.97. The van der Waals surface area contributed by atoms with Gasteiger partial charge in [-0.3, -0.25) is 0 Å². The van der Waals surface area contributed by atoms with Crippen LogP contribution < -0.4 is 5.32 Å². The Balaban J connectivity index is 2.21. The minimum absolute atomic E-state index is 0.242. The Morgan fingerprint density at radius 1 is 1.53 bits per heavy atom. The number of ether oxygens (including phenoxy) is 1. The molecule has 1 aliphatic rings. The van der Waals surface area contributed by atoms with E-state index in [0.29, 0.717) is 5.92 Å². The summed E-state index contributed by atoms with van der Waals surface area (Å²) in [5.74, 6) is 0.0491. The van der Waals surface area contributed by atoms with Gasteiger partial charge in [-0.1, -0.05) is 0 Å². The highest BCUT2D eigenvalue weighted by molar-refractivity contribution is 5.78. The normalized spacial score (nSPS) is 22.1. The summed E-state index contributed by atoms with van der Waals surface area (Å²) in [7, 11) is 3.42. The molecule has 0 bridgehead atoms. The number of nitrogens with zero attached hydrogens (tertiary/aromatic N) is 1. The number of hydrogen-bond donors (Lipinski definition) is 2. The molecular formula is C12H24N2O3. The number of likely N-dealkylation sites (tertiary alicyclic amines) is 1. The lowest BCUT2D eigenvalue weighted by Gasteiger charge is -2.30. The number of carbonyl (C=O) groups excluding carboxylic acids is 1. The summed E-state index contributed by atoms with van der Waals surface area (Å²) in [5, 5.41) is 13.0. The van der Waals surface area contributed by atoms with Crippen LogP contribution in [0.25, 0.3) is 0 Å². The highest BCUT2D eigenvalue weighted by Crippen LogP contribution is 2.15. The smallest absolute Gasteiger partial charge is 0.338 e. The number of esters is 1. The van der Waals surface area contributed by atoms with E-state index in [1.165, 1.54) is 26.9 Å². The molecule has 1 aliphatic heterocycles. The van der Waals surface area contributed by atoms with Crippen LogP contribution in [0.1, 0.15) is 19.8 Å². The number of methoxy groups -OCH3 is 1. The molecule has 1 unspecified atom stereocenters. The average molecular weight is 244 g/mol. The third-order valence-electron chi connectivity index (χ3n) is 3.37. The first-order valence-corrected chi connectivity index (χ1v) is 6.16. The fourth-order valence-electron chi connectivity index (χ4n) is 2.08. The van der Waals surface area contributed by atoms with Crippen molar-refractivity contribution in [1.82, 2.24) is 10.2 Å². The summed E-state index contributed by atoms with van der Waals surface area (Å²) in [5.41, 5.74) is -1.43. The van der Waals surface area contributed by atoms with Crippen LogP contribution in [0.2, 0.25) is 0 Å². The van der Waals surface area contributed by atoms with E-state index >= 15 is 0 Å². The molecule has 1 saturated heterocycles. The molecule has 1 fully saturated rings. The molecule has 0 spiro atoms. The summed E-state index contributed by atoms with van der Waals surface area (Å²) < 4.78 is 4.54. The second kappa shape index (κ2) is 6.33. The van der Waals surface area contributed by atoms with Gasteiger partial charge in [-0.15, -0.1) is 0 Å². The van der Waals surface area contributed by atoms with Gasteiger partial charge in [0.1, 0.15) is 0 Å². The highest BCUT2D eigenvalue weighted by atomic mass is 16.5. The molecule has 0 amide bonds.